The monoisotopic (exact) mass is 496 g/mol. The molecule has 0 amide bonds. The van der Waals surface area contributed by atoms with Crippen molar-refractivity contribution in [3.05, 3.63) is 103 Å². The third-order valence-corrected chi connectivity index (χ3v) is 8.27. The van der Waals surface area contributed by atoms with Gasteiger partial charge in [0, 0.05) is 28.0 Å². The van der Waals surface area contributed by atoms with Gasteiger partial charge in [0.25, 0.3) is 0 Å². The van der Waals surface area contributed by atoms with E-state index >= 15 is 0 Å². The van der Waals surface area contributed by atoms with Gasteiger partial charge in [-0.25, -0.2) is 0 Å². The highest BCUT2D eigenvalue weighted by molar-refractivity contribution is 6.62. The van der Waals surface area contributed by atoms with Gasteiger partial charge in [0.1, 0.15) is 0 Å². The number of pyridine rings is 1. The zero-order chi connectivity index (χ0) is 26.1. The van der Waals surface area contributed by atoms with Crippen molar-refractivity contribution in [3.8, 4) is 16.8 Å². The number of para-hydroxylation sites is 1. The molecule has 0 bridgehead atoms. The highest BCUT2D eigenvalue weighted by Gasteiger charge is 2.51. The first kappa shape index (κ1) is 23.2. The lowest BCUT2D eigenvalue weighted by Crippen LogP contribution is -2.41. The molecule has 0 radical (unpaired) electrons. The van der Waals surface area contributed by atoms with E-state index in [2.05, 4.69) is 128 Å². The first-order valence-corrected chi connectivity index (χ1v) is 13.2. The van der Waals surface area contributed by atoms with E-state index in [4.69, 9.17) is 9.31 Å². The van der Waals surface area contributed by atoms with Crippen LogP contribution >= 0.6 is 0 Å². The molecule has 0 N–H and O–H groups in total. The Balaban J connectivity index is 1.43. The number of nitrogens with zero attached hydrogens (tertiary/aromatic N) is 2. The van der Waals surface area contributed by atoms with Crippen LogP contribution in [0.15, 0.2) is 103 Å². The topological polar surface area (TPSA) is 36.3 Å². The first-order chi connectivity index (χ1) is 18.3. The molecule has 1 fully saturated rings. The van der Waals surface area contributed by atoms with Gasteiger partial charge in [0.2, 0.25) is 0 Å². The van der Waals surface area contributed by atoms with Crippen LogP contribution in [0, 0.1) is 0 Å². The summed E-state index contributed by atoms with van der Waals surface area (Å²) in [6, 6.07) is 34.5. The molecule has 4 aromatic carbocycles. The fourth-order valence-electron chi connectivity index (χ4n) is 5.45. The van der Waals surface area contributed by atoms with Gasteiger partial charge in [-0.3, -0.25) is 4.98 Å². The summed E-state index contributed by atoms with van der Waals surface area (Å²) in [6.45, 7) is 8.38. The van der Waals surface area contributed by atoms with Crippen molar-refractivity contribution < 1.29 is 9.31 Å². The normalized spacial score (nSPS) is 16.6. The molecule has 0 atom stereocenters. The van der Waals surface area contributed by atoms with Crippen molar-refractivity contribution in [2.75, 3.05) is 0 Å². The minimum absolute atomic E-state index is 0.380. The zero-order valence-corrected chi connectivity index (χ0v) is 22.1. The first-order valence-electron chi connectivity index (χ1n) is 13.2. The molecule has 3 heterocycles. The predicted molar refractivity (Wildman–Crippen MR) is 157 cm³/mol. The van der Waals surface area contributed by atoms with Crippen molar-refractivity contribution in [3.63, 3.8) is 0 Å². The van der Waals surface area contributed by atoms with Gasteiger partial charge in [-0.1, -0.05) is 54.6 Å². The third kappa shape index (κ3) is 3.58. The number of hydrogen-bond acceptors (Lipinski definition) is 3. The Morgan fingerprint density at radius 3 is 2.18 bits per heavy atom. The molecule has 0 saturated carbocycles. The van der Waals surface area contributed by atoms with Crippen molar-refractivity contribution >= 4 is 45.3 Å². The van der Waals surface area contributed by atoms with Crippen molar-refractivity contribution in [2.45, 2.75) is 38.9 Å². The van der Waals surface area contributed by atoms with E-state index in [1.54, 1.807) is 0 Å². The molecule has 0 aliphatic carbocycles. The van der Waals surface area contributed by atoms with Crippen LogP contribution < -0.4 is 5.46 Å². The van der Waals surface area contributed by atoms with Crippen LogP contribution in [-0.4, -0.2) is 27.9 Å². The molecule has 7 rings (SSSR count). The van der Waals surface area contributed by atoms with Crippen LogP contribution in [0.1, 0.15) is 27.7 Å². The van der Waals surface area contributed by atoms with Crippen LogP contribution in [-0.2, 0) is 9.31 Å². The lowest BCUT2D eigenvalue weighted by atomic mass is 9.78. The average Bonchev–Trinajstić information content (AvgIpc) is 3.37. The number of aromatic nitrogens is 2. The zero-order valence-electron chi connectivity index (χ0n) is 22.1. The smallest absolute Gasteiger partial charge is 0.399 e. The summed E-state index contributed by atoms with van der Waals surface area (Å²) in [5, 5.41) is 3.53. The molecule has 4 nitrogen and oxygen atoms in total. The summed E-state index contributed by atoms with van der Waals surface area (Å²) in [5.41, 5.74) is 7.09. The largest absolute Gasteiger partial charge is 0.494 e. The van der Waals surface area contributed by atoms with E-state index in [0.717, 1.165) is 27.6 Å². The van der Waals surface area contributed by atoms with Crippen molar-refractivity contribution in [1.29, 1.82) is 0 Å². The van der Waals surface area contributed by atoms with Gasteiger partial charge < -0.3 is 13.9 Å². The van der Waals surface area contributed by atoms with Gasteiger partial charge >= 0.3 is 7.12 Å². The molecule has 1 saturated heterocycles. The lowest BCUT2D eigenvalue weighted by molar-refractivity contribution is 0.00578. The van der Waals surface area contributed by atoms with E-state index in [1.165, 1.54) is 27.4 Å². The van der Waals surface area contributed by atoms with Crippen LogP contribution in [0.25, 0.3) is 49.5 Å². The minimum atomic E-state index is -0.398. The molecule has 1 aliphatic rings. The van der Waals surface area contributed by atoms with Crippen molar-refractivity contribution in [2.24, 2.45) is 0 Å². The summed E-state index contributed by atoms with van der Waals surface area (Å²) in [7, 11) is -0.398. The summed E-state index contributed by atoms with van der Waals surface area (Å²) < 4.78 is 15.1. The predicted octanol–water partition coefficient (Wildman–Crippen LogP) is 7.30. The van der Waals surface area contributed by atoms with Gasteiger partial charge in [0.15, 0.2) is 0 Å². The summed E-state index contributed by atoms with van der Waals surface area (Å²) >= 11 is 0. The molecule has 1 aliphatic heterocycles. The molecular weight excluding hydrogens is 467 g/mol. The second kappa shape index (κ2) is 8.29. The van der Waals surface area contributed by atoms with Crippen LogP contribution in [0.3, 0.4) is 0 Å². The van der Waals surface area contributed by atoms with Gasteiger partial charge in [-0.15, -0.1) is 0 Å². The van der Waals surface area contributed by atoms with Crippen molar-refractivity contribution in [1.82, 2.24) is 9.55 Å². The standard InChI is InChI=1S/C33H29BN2O2/c1-32(2)33(3,4)38-34(37-32)25-14-17-30-28(21-25)27-15-12-23(20-31(27)36(30)26-10-6-5-7-11-26)22-13-16-29-24(19-22)9-8-18-35-29/h5-21H,1-4H3. The van der Waals surface area contributed by atoms with Crippen LogP contribution in [0.4, 0.5) is 0 Å². The van der Waals surface area contributed by atoms with Crippen LogP contribution in [0.5, 0.6) is 0 Å². The highest BCUT2D eigenvalue weighted by Crippen LogP contribution is 2.38. The molecule has 5 heteroatoms. The fourth-order valence-corrected chi connectivity index (χ4v) is 5.45. The lowest BCUT2D eigenvalue weighted by Gasteiger charge is -2.32. The molecule has 38 heavy (non-hydrogen) atoms. The molecule has 186 valence electrons. The van der Waals surface area contributed by atoms with E-state index in [9.17, 15) is 0 Å². The van der Waals surface area contributed by atoms with E-state index < -0.39 is 7.12 Å². The highest BCUT2D eigenvalue weighted by atomic mass is 16.7. The maximum absolute atomic E-state index is 6.38. The SMILES string of the molecule is CC1(C)OB(c2ccc3c(c2)c2ccc(-c4ccc5ncccc5c4)cc2n3-c2ccccc2)OC1(C)C. The Morgan fingerprint density at radius 2 is 1.39 bits per heavy atom. The third-order valence-electron chi connectivity index (χ3n) is 8.27. The van der Waals surface area contributed by atoms with Gasteiger partial charge in [-0.2, -0.15) is 0 Å². The minimum Gasteiger partial charge on any atom is -0.399 e. The maximum Gasteiger partial charge on any atom is 0.494 e. The summed E-state index contributed by atoms with van der Waals surface area (Å²) in [4.78, 5) is 4.48. The number of fused-ring (bicyclic) bond motifs is 4. The summed E-state index contributed by atoms with van der Waals surface area (Å²) in [5.74, 6) is 0. The number of hydrogen-bond donors (Lipinski definition) is 0. The van der Waals surface area contributed by atoms with Crippen LogP contribution in [0.2, 0.25) is 0 Å². The quantitative estimate of drug-likeness (QED) is 0.241. The Morgan fingerprint density at radius 1 is 0.658 bits per heavy atom. The van der Waals surface area contributed by atoms with Gasteiger partial charge in [0.05, 0.1) is 27.8 Å². The Labute approximate surface area is 223 Å². The Bertz CT molecular complexity index is 1820. The molecular formula is C33H29BN2O2. The molecule has 2 aromatic heterocycles. The van der Waals surface area contributed by atoms with Gasteiger partial charge in [-0.05, 0) is 86.7 Å². The Hall–Kier alpha value is -3.93. The average molecular weight is 496 g/mol. The van der Waals surface area contributed by atoms with E-state index in [1.807, 2.05) is 12.3 Å². The second-order valence-electron chi connectivity index (χ2n) is 11.2. The molecule has 0 spiro atoms. The second-order valence-corrected chi connectivity index (χ2v) is 11.2. The molecule has 6 aromatic rings. The number of rotatable bonds is 3. The Kier molecular flexibility index (Phi) is 5.06. The summed E-state index contributed by atoms with van der Waals surface area (Å²) in [6.07, 6.45) is 1.84. The van der Waals surface area contributed by atoms with E-state index in [0.29, 0.717) is 0 Å². The van der Waals surface area contributed by atoms with E-state index in [-0.39, 0.29) is 11.2 Å². The number of benzene rings is 4. The fraction of sp³-hybridized carbons (Fsp3) is 0.182. The maximum atomic E-state index is 6.38. The molecule has 0 unspecified atom stereocenters.